The van der Waals surface area contributed by atoms with Gasteiger partial charge < -0.3 is 16.0 Å². The molecule has 0 aromatic heterocycles. The molecule has 1 amide bonds. The first-order valence-corrected chi connectivity index (χ1v) is 7.84. The van der Waals surface area contributed by atoms with Gasteiger partial charge in [0.2, 0.25) is 5.91 Å². The van der Waals surface area contributed by atoms with Crippen LogP contribution in [0.1, 0.15) is 33.3 Å². The third-order valence-corrected chi connectivity index (χ3v) is 3.26. The summed E-state index contributed by atoms with van der Waals surface area (Å²) >= 11 is 0. The predicted octanol–water partition coefficient (Wildman–Crippen LogP) is 2.52. The Balaban J connectivity index is 0.00000484. The van der Waals surface area contributed by atoms with Gasteiger partial charge in [-0.15, -0.1) is 24.0 Å². The minimum Gasteiger partial charge on any atom is -0.357 e. The van der Waals surface area contributed by atoms with Crippen molar-refractivity contribution in [2.75, 3.05) is 19.6 Å². The number of hydrogen-bond acceptors (Lipinski definition) is 2. The number of halogens is 1. The van der Waals surface area contributed by atoms with Crippen molar-refractivity contribution in [3.63, 3.8) is 0 Å². The van der Waals surface area contributed by atoms with Crippen molar-refractivity contribution in [3.05, 3.63) is 35.9 Å². The lowest BCUT2D eigenvalue weighted by atomic mass is 9.92. The second-order valence-corrected chi connectivity index (χ2v) is 5.78. The Morgan fingerprint density at radius 1 is 1.04 bits per heavy atom. The zero-order chi connectivity index (χ0) is 16.4. The van der Waals surface area contributed by atoms with Crippen LogP contribution >= 0.6 is 24.0 Å². The highest BCUT2D eigenvalue weighted by Crippen LogP contribution is 2.13. The molecule has 0 spiro atoms. The lowest BCUT2D eigenvalue weighted by Gasteiger charge is -2.24. The van der Waals surface area contributed by atoms with E-state index in [1.54, 1.807) is 0 Å². The Morgan fingerprint density at radius 3 is 2.22 bits per heavy atom. The molecule has 6 heteroatoms. The van der Waals surface area contributed by atoms with Gasteiger partial charge in [-0.3, -0.25) is 4.79 Å². The molecule has 0 bridgehead atoms. The Kier molecular flexibility index (Phi) is 10.6. The summed E-state index contributed by atoms with van der Waals surface area (Å²) in [4.78, 5) is 16.6. The van der Waals surface area contributed by atoms with Crippen molar-refractivity contribution in [1.82, 2.24) is 16.0 Å². The van der Waals surface area contributed by atoms with Gasteiger partial charge in [-0.25, -0.2) is 4.99 Å². The van der Waals surface area contributed by atoms with Gasteiger partial charge in [-0.1, -0.05) is 30.3 Å². The molecular formula is C17H29IN4O. The number of carbonyl (C=O) groups excluding carboxylic acids is 1. The first kappa shape index (κ1) is 21.7. The Morgan fingerprint density at radius 2 is 1.65 bits per heavy atom. The first-order valence-electron chi connectivity index (χ1n) is 7.84. The molecule has 0 radical (unpaired) electrons. The lowest BCUT2D eigenvalue weighted by Crippen LogP contribution is -2.47. The quantitative estimate of drug-likeness (QED) is 0.353. The molecule has 1 aromatic rings. The normalized spacial score (nSPS) is 11.4. The summed E-state index contributed by atoms with van der Waals surface area (Å²) in [6, 6.07) is 10.1. The molecule has 3 N–H and O–H groups in total. The van der Waals surface area contributed by atoms with Crippen molar-refractivity contribution < 1.29 is 4.79 Å². The van der Waals surface area contributed by atoms with Crippen LogP contribution in [-0.2, 0) is 11.3 Å². The van der Waals surface area contributed by atoms with E-state index in [2.05, 4.69) is 20.9 Å². The minimum atomic E-state index is -0.487. The summed E-state index contributed by atoms with van der Waals surface area (Å²) in [6.07, 6.45) is 0. The van der Waals surface area contributed by atoms with E-state index in [1.807, 2.05) is 58.0 Å². The van der Waals surface area contributed by atoms with Crippen LogP contribution in [0.25, 0.3) is 0 Å². The first-order chi connectivity index (χ1) is 10.5. The number of guanidine groups is 1. The Hall–Kier alpha value is -1.31. The largest absolute Gasteiger partial charge is 0.357 e. The van der Waals surface area contributed by atoms with Crippen molar-refractivity contribution in [1.29, 1.82) is 0 Å². The maximum absolute atomic E-state index is 12.0. The van der Waals surface area contributed by atoms with E-state index in [9.17, 15) is 4.79 Å². The van der Waals surface area contributed by atoms with Crippen LogP contribution in [-0.4, -0.2) is 31.5 Å². The van der Waals surface area contributed by atoms with Crippen molar-refractivity contribution in [3.8, 4) is 0 Å². The number of hydrogen-bond donors (Lipinski definition) is 3. The molecule has 1 rings (SSSR count). The number of rotatable bonds is 7. The Bertz CT molecular complexity index is 489. The summed E-state index contributed by atoms with van der Waals surface area (Å²) in [7, 11) is 0. The van der Waals surface area contributed by atoms with Crippen LogP contribution in [0.4, 0.5) is 0 Å². The van der Waals surface area contributed by atoms with E-state index in [0.29, 0.717) is 19.6 Å². The molecule has 23 heavy (non-hydrogen) atoms. The maximum Gasteiger partial charge on any atom is 0.227 e. The highest BCUT2D eigenvalue weighted by Gasteiger charge is 2.27. The van der Waals surface area contributed by atoms with Gasteiger partial charge in [0, 0.05) is 19.6 Å². The number of nitrogens with zero attached hydrogens (tertiary/aromatic N) is 1. The summed E-state index contributed by atoms with van der Waals surface area (Å²) in [5.41, 5.74) is 0.668. The summed E-state index contributed by atoms with van der Waals surface area (Å²) in [5, 5.41) is 9.31. The number of benzene rings is 1. The van der Waals surface area contributed by atoms with Gasteiger partial charge in [-0.2, -0.15) is 0 Å². The average Bonchev–Trinajstić information content (AvgIpc) is 2.51. The topological polar surface area (TPSA) is 65.5 Å². The fourth-order valence-corrected chi connectivity index (χ4v) is 1.88. The second-order valence-electron chi connectivity index (χ2n) is 5.78. The Labute approximate surface area is 156 Å². The summed E-state index contributed by atoms with van der Waals surface area (Å²) in [5.74, 6) is 0.769. The van der Waals surface area contributed by atoms with Crippen LogP contribution in [0.15, 0.2) is 35.3 Å². The molecule has 0 heterocycles. The van der Waals surface area contributed by atoms with Gasteiger partial charge in [0.1, 0.15) is 0 Å². The van der Waals surface area contributed by atoms with E-state index < -0.39 is 5.41 Å². The van der Waals surface area contributed by atoms with Gasteiger partial charge in [0.15, 0.2) is 5.96 Å². The van der Waals surface area contributed by atoms with Crippen molar-refractivity contribution in [2.24, 2.45) is 10.4 Å². The average molecular weight is 432 g/mol. The minimum absolute atomic E-state index is 0. The second kappa shape index (κ2) is 11.3. The molecule has 0 unspecified atom stereocenters. The van der Waals surface area contributed by atoms with Gasteiger partial charge in [0.25, 0.3) is 0 Å². The molecule has 0 saturated heterocycles. The number of carbonyl (C=O) groups is 1. The van der Waals surface area contributed by atoms with E-state index in [1.165, 1.54) is 0 Å². The SMILES string of the molecule is CCNC(=O)C(C)(C)CNC(=NCc1ccccc1)NCC.I. The molecular weight excluding hydrogens is 403 g/mol. The smallest absolute Gasteiger partial charge is 0.227 e. The molecule has 0 atom stereocenters. The molecule has 0 aliphatic carbocycles. The molecule has 0 aliphatic heterocycles. The van der Waals surface area contributed by atoms with E-state index >= 15 is 0 Å². The highest BCUT2D eigenvalue weighted by molar-refractivity contribution is 14.0. The monoisotopic (exact) mass is 432 g/mol. The van der Waals surface area contributed by atoms with Crippen LogP contribution < -0.4 is 16.0 Å². The number of amides is 1. The van der Waals surface area contributed by atoms with Crippen LogP contribution in [0.3, 0.4) is 0 Å². The zero-order valence-electron chi connectivity index (χ0n) is 14.5. The van der Waals surface area contributed by atoms with E-state index in [4.69, 9.17) is 0 Å². The number of nitrogens with one attached hydrogen (secondary N) is 3. The van der Waals surface area contributed by atoms with E-state index in [-0.39, 0.29) is 29.9 Å². The van der Waals surface area contributed by atoms with Gasteiger partial charge in [-0.05, 0) is 33.3 Å². The van der Waals surface area contributed by atoms with Crippen LogP contribution in [0, 0.1) is 5.41 Å². The summed E-state index contributed by atoms with van der Waals surface area (Å²) in [6.45, 7) is 10.4. The van der Waals surface area contributed by atoms with Gasteiger partial charge in [0.05, 0.1) is 12.0 Å². The molecule has 130 valence electrons. The van der Waals surface area contributed by atoms with Gasteiger partial charge >= 0.3 is 0 Å². The molecule has 0 aliphatic rings. The summed E-state index contributed by atoms with van der Waals surface area (Å²) < 4.78 is 0. The molecule has 0 fully saturated rings. The fourth-order valence-electron chi connectivity index (χ4n) is 1.88. The van der Waals surface area contributed by atoms with Crippen molar-refractivity contribution >= 4 is 35.8 Å². The van der Waals surface area contributed by atoms with Crippen molar-refractivity contribution in [2.45, 2.75) is 34.2 Å². The molecule has 0 saturated carbocycles. The third-order valence-electron chi connectivity index (χ3n) is 3.26. The highest BCUT2D eigenvalue weighted by atomic mass is 127. The standard InChI is InChI=1S/C17H28N4O.HI/c1-5-18-15(22)17(3,4)13-21-16(19-6-2)20-12-14-10-8-7-9-11-14;/h7-11H,5-6,12-13H2,1-4H3,(H,18,22)(H2,19,20,21);1H. The third kappa shape index (κ3) is 8.20. The van der Waals surface area contributed by atoms with E-state index in [0.717, 1.165) is 18.1 Å². The number of aliphatic imine (C=N–C) groups is 1. The fraction of sp³-hybridized carbons (Fsp3) is 0.529. The zero-order valence-corrected chi connectivity index (χ0v) is 16.8. The molecule has 5 nitrogen and oxygen atoms in total. The molecule has 1 aromatic carbocycles. The maximum atomic E-state index is 12.0. The van der Waals surface area contributed by atoms with Crippen LogP contribution in [0.5, 0.6) is 0 Å². The van der Waals surface area contributed by atoms with Crippen LogP contribution in [0.2, 0.25) is 0 Å². The predicted molar refractivity (Wildman–Crippen MR) is 107 cm³/mol. The lowest BCUT2D eigenvalue weighted by molar-refractivity contribution is -0.128.